The van der Waals surface area contributed by atoms with Gasteiger partial charge in [-0.15, -0.1) is 0 Å². The number of carbonyl (C=O) groups excluding carboxylic acids is 1. The minimum atomic E-state index is -0.0359. The number of nitrogens with zero attached hydrogens (tertiary/aromatic N) is 1. The van der Waals surface area contributed by atoms with Gasteiger partial charge in [-0.3, -0.25) is 4.79 Å². The molecule has 27 heavy (non-hydrogen) atoms. The molecule has 6 heteroatoms. The van der Waals surface area contributed by atoms with Crippen LogP contribution in [-0.4, -0.2) is 28.2 Å². The highest BCUT2D eigenvalue weighted by atomic mass is 32.2. The van der Waals surface area contributed by atoms with Crippen LogP contribution >= 0.6 is 11.8 Å². The molecule has 0 radical (unpaired) electrons. The van der Waals surface area contributed by atoms with Crippen molar-refractivity contribution in [2.75, 3.05) is 17.7 Å². The average molecular weight is 384 g/mol. The van der Waals surface area contributed by atoms with Gasteiger partial charge in [0.25, 0.3) is 0 Å². The van der Waals surface area contributed by atoms with Gasteiger partial charge in [0.15, 0.2) is 5.16 Å². The highest BCUT2D eigenvalue weighted by molar-refractivity contribution is 7.99. The summed E-state index contributed by atoms with van der Waals surface area (Å²) in [6.07, 6.45) is 1.03. The van der Waals surface area contributed by atoms with E-state index in [1.54, 1.807) is 0 Å². The lowest BCUT2D eigenvalue weighted by atomic mass is 9.97. The van der Waals surface area contributed by atoms with Crippen LogP contribution in [0.15, 0.2) is 47.6 Å². The largest absolute Gasteiger partial charge is 0.494 e. The molecule has 1 heterocycles. The van der Waals surface area contributed by atoms with Crippen LogP contribution in [-0.2, 0) is 4.79 Å². The number of anilines is 1. The van der Waals surface area contributed by atoms with E-state index in [0.717, 1.165) is 34.0 Å². The van der Waals surface area contributed by atoms with E-state index in [4.69, 9.17) is 4.74 Å². The van der Waals surface area contributed by atoms with Crippen molar-refractivity contribution in [1.82, 2.24) is 9.97 Å². The van der Waals surface area contributed by atoms with Crippen LogP contribution in [0, 0.1) is 0 Å². The number of ether oxygens (including phenoxy) is 1. The Balaban J connectivity index is 1.63. The summed E-state index contributed by atoms with van der Waals surface area (Å²) >= 11 is 1.39. The maximum atomic E-state index is 12.4. The first-order valence-electron chi connectivity index (χ1n) is 9.24. The number of H-pyrrole nitrogens is 1. The lowest BCUT2D eigenvalue weighted by molar-refractivity contribution is -0.113. The molecule has 0 bridgehead atoms. The van der Waals surface area contributed by atoms with Gasteiger partial charge in [0.1, 0.15) is 5.75 Å². The fourth-order valence-corrected chi connectivity index (χ4v) is 3.56. The molecule has 2 aromatic carbocycles. The predicted molar refractivity (Wildman–Crippen MR) is 112 cm³/mol. The summed E-state index contributed by atoms with van der Waals surface area (Å²) in [7, 11) is 0. The van der Waals surface area contributed by atoms with Crippen molar-refractivity contribution < 1.29 is 9.53 Å². The van der Waals surface area contributed by atoms with Crippen molar-refractivity contribution in [2.24, 2.45) is 0 Å². The summed E-state index contributed by atoms with van der Waals surface area (Å²) in [4.78, 5) is 20.2. The number of rotatable bonds is 8. The molecule has 0 saturated carbocycles. The molecule has 0 aliphatic heterocycles. The molecule has 1 aromatic heterocycles. The number of amides is 1. The minimum absolute atomic E-state index is 0.0359. The zero-order valence-corrected chi connectivity index (χ0v) is 16.7. The fourth-order valence-electron chi connectivity index (χ4n) is 2.87. The van der Waals surface area contributed by atoms with E-state index >= 15 is 0 Å². The number of hydrogen-bond acceptors (Lipinski definition) is 4. The van der Waals surface area contributed by atoms with Crippen molar-refractivity contribution in [3.8, 4) is 5.75 Å². The van der Waals surface area contributed by atoms with Crippen molar-refractivity contribution in [3.63, 3.8) is 0 Å². The van der Waals surface area contributed by atoms with E-state index in [0.29, 0.717) is 18.3 Å². The molecule has 0 saturated heterocycles. The molecule has 0 unspecified atom stereocenters. The SMILES string of the molecule is CCOc1ccc2nc(SCC(=O)Nc3ccccc3[C@@H](C)CC)[nH]c2c1. The van der Waals surface area contributed by atoms with Crippen molar-refractivity contribution in [2.45, 2.75) is 38.3 Å². The maximum absolute atomic E-state index is 12.4. The Morgan fingerprint density at radius 1 is 1.26 bits per heavy atom. The van der Waals surface area contributed by atoms with Gasteiger partial charge in [-0.25, -0.2) is 4.98 Å². The first-order chi connectivity index (χ1) is 13.1. The molecule has 142 valence electrons. The number of nitrogens with one attached hydrogen (secondary N) is 2. The van der Waals surface area contributed by atoms with Crippen molar-refractivity contribution >= 4 is 34.4 Å². The minimum Gasteiger partial charge on any atom is -0.494 e. The third-order valence-corrected chi connectivity index (χ3v) is 5.33. The lowest BCUT2D eigenvalue weighted by Crippen LogP contribution is -2.15. The molecule has 1 atom stereocenters. The molecule has 0 aliphatic rings. The summed E-state index contributed by atoms with van der Waals surface area (Å²) in [5, 5.41) is 3.76. The normalized spacial score (nSPS) is 12.1. The Labute approximate surface area is 163 Å². The molecular formula is C21H25N3O2S. The Hall–Kier alpha value is -2.47. The number of para-hydroxylation sites is 1. The number of carbonyl (C=O) groups is 1. The molecule has 3 rings (SSSR count). The second-order valence-corrected chi connectivity index (χ2v) is 7.35. The summed E-state index contributed by atoms with van der Waals surface area (Å²) in [5.41, 5.74) is 3.84. The van der Waals surface area contributed by atoms with Crippen LogP contribution in [0.2, 0.25) is 0 Å². The highest BCUT2D eigenvalue weighted by Gasteiger charge is 2.12. The topological polar surface area (TPSA) is 67.0 Å². The predicted octanol–water partition coefficient (Wildman–Crippen LogP) is 5.21. The Morgan fingerprint density at radius 2 is 2.07 bits per heavy atom. The molecule has 2 N–H and O–H groups in total. The number of fused-ring (bicyclic) bond motifs is 1. The molecule has 0 aliphatic carbocycles. The number of aromatic nitrogens is 2. The highest BCUT2D eigenvalue weighted by Crippen LogP contribution is 2.27. The van der Waals surface area contributed by atoms with Gasteiger partial charge in [0.2, 0.25) is 5.91 Å². The van der Waals surface area contributed by atoms with Gasteiger partial charge in [0, 0.05) is 11.8 Å². The van der Waals surface area contributed by atoms with Crippen LogP contribution in [0.4, 0.5) is 5.69 Å². The standard InChI is InChI=1S/C21H25N3O2S/c1-4-14(3)16-8-6-7-9-17(16)22-20(25)13-27-21-23-18-11-10-15(26-5-2)12-19(18)24-21/h6-12,14H,4-5,13H2,1-3H3,(H,22,25)(H,23,24)/t14-/m0/s1. The lowest BCUT2D eigenvalue weighted by Gasteiger charge is -2.15. The summed E-state index contributed by atoms with van der Waals surface area (Å²) in [6.45, 7) is 6.90. The van der Waals surface area contributed by atoms with E-state index in [1.807, 2.05) is 43.3 Å². The van der Waals surface area contributed by atoms with E-state index in [2.05, 4.69) is 35.2 Å². The van der Waals surface area contributed by atoms with Gasteiger partial charge >= 0.3 is 0 Å². The van der Waals surface area contributed by atoms with E-state index < -0.39 is 0 Å². The van der Waals surface area contributed by atoms with Crippen molar-refractivity contribution in [3.05, 3.63) is 48.0 Å². The summed E-state index contributed by atoms with van der Waals surface area (Å²) in [6, 6.07) is 13.7. The first-order valence-corrected chi connectivity index (χ1v) is 10.2. The monoisotopic (exact) mass is 383 g/mol. The summed E-state index contributed by atoms with van der Waals surface area (Å²) < 4.78 is 5.51. The third kappa shape index (κ3) is 4.83. The quantitative estimate of drug-likeness (QED) is 0.524. The molecule has 3 aromatic rings. The van der Waals surface area contributed by atoms with E-state index in [9.17, 15) is 4.79 Å². The number of imidazole rings is 1. The van der Waals surface area contributed by atoms with Gasteiger partial charge in [-0.2, -0.15) is 0 Å². The number of aromatic amines is 1. The average Bonchev–Trinajstić information content (AvgIpc) is 3.09. The second-order valence-electron chi connectivity index (χ2n) is 6.39. The fraction of sp³-hybridized carbons (Fsp3) is 0.333. The number of thioether (sulfide) groups is 1. The zero-order chi connectivity index (χ0) is 19.2. The van der Waals surface area contributed by atoms with Crippen LogP contribution in [0.5, 0.6) is 5.75 Å². The maximum Gasteiger partial charge on any atom is 0.234 e. The molecule has 0 spiro atoms. The van der Waals surface area contributed by atoms with Gasteiger partial charge < -0.3 is 15.0 Å². The Kier molecular flexibility index (Phi) is 6.40. The second kappa shape index (κ2) is 8.95. The third-order valence-electron chi connectivity index (χ3n) is 4.46. The number of hydrogen-bond donors (Lipinski definition) is 2. The summed E-state index contributed by atoms with van der Waals surface area (Å²) in [5.74, 6) is 1.48. The van der Waals surface area contributed by atoms with Crippen LogP contribution in [0.3, 0.4) is 0 Å². The van der Waals surface area contributed by atoms with E-state index in [1.165, 1.54) is 17.3 Å². The molecule has 0 fully saturated rings. The van der Waals surface area contributed by atoms with Crippen LogP contribution < -0.4 is 10.1 Å². The van der Waals surface area contributed by atoms with E-state index in [-0.39, 0.29) is 5.91 Å². The molecule has 5 nitrogen and oxygen atoms in total. The smallest absolute Gasteiger partial charge is 0.234 e. The first kappa shape index (κ1) is 19.3. The van der Waals surface area contributed by atoms with Gasteiger partial charge in [-0.1, -0.05) is 43.8 Å². The van der Waals surface area contributed by atoms with Crippen LogP contribution in [0.25, 0.3) is 11.0 Å². The van der Waals surface area contributed by atoms with Gasteiger partial charge in [0.05, 0.1) is 23.4 Å². The zero-order valence-electron chi connectivity index (χ0n) is 15.9. The number of benzene rings is 2. The van der Waals surface area contributed by atoms with Crippen molar-refractivity contribution in [1.29, 1.82) is 0 Å². The molecular weight excluding hydrogens is 358 g/mol. The Bertz CT molecular complexity index is 923. The van der Waals surface area contributed by atoms with Gasteiger partial charge in [-0.05, 0) is 43.0 Å². The van der Waals surface area contributed by atoms with Crippen LogP contribution in [0.1, 0.15) is 38.7 Å². The Morgan fingerprint density at radius 3 is 2.85 bits per heavy atom. The molecule has 1 amide bonds.